The van der Waals surface area contributed by atoms with Crippen LogP contribution in [0.5, 0.6) is 5.75 Å². The van der Waals surface area contributed by atoms with Crippen molar-refractivity contribution in [2.45, 2.75) is 23.9 Å². The fourth-order valence-electron chi connectivity index (χ4n) is 2.29. The van der Waals surface area contributed by atoms with E-state index in [2.05, 4.69) is 34.6 Å². The SMILES string of the molecule is CCOc1cccc(C(=O)Nc2nnc(SCc3ccccc3C)s2)c1. The molecule has 1 amide bonds. The molecule has 0 aliphatic heterocycles. The van der Waals surface area contributed by atoms with Gasteiger partial charge in [-0.15, -0.1) is 10.2 Å². The predicted octanol–water partition coefficient (Wildman–Crippen LogP) is 4.79. The number of benzene rings is 2. The summed E-state index contributed by atoms with van der Waals surface area (Å²) < 4.78 is 6.25. The van der Waals surface area contributed by atoms with Crippen LogP contribution >= 0.6 is 23.1 Å². The minimum Gasteiger partial charge on any atom is -0.494 e. The van der Waals surface area contributed by atoms with Gasteiger partial charge in [-0.1, -0.05) is 53.4 Å². The molecule has 1 aromatic heterocycles. The number of hydrogen-bond acceptors (Lipinski definition) is 6. The Morgan fingerprint density at radius 1 is 1.19 bits per heavy atom. The zero-order valence-corrected chi connectivity index (χ0v) is 16.2. The van der Waals surface area contributed by atoms with Gasteiger partial charge in [0.15, 0.2) is 4.34 Å². The number of aromatic nitrogens is 2. The average Bonchev–Trinajstić information content (AvgIpc) is 3.09. The molecule has 1 heterocycles. The lowest BCUT2D eigenvalue weighted by molar-refractivity contribution is 0.102. The number of ether oxygens (including phenoxy) is 1. The van der Waals surface area contributed by atoms with Gasteiger partial charge in [0.2, 0.25) is 5.13 Å². The van der Waals surface area contributed by atoms with Gasteiger partial charge < -0.3 is 4.74 Å². The molecule has 0 radical (unpaired) electrons. The van der Waals surface area contributed by atoms with Crippen LogP contribution in [0.2, 0.25) is 0 Å². The van der Waals surface area contributed by atoms with Crippen LogP contribution in [0.25, 0.3) is 0 Å². The van der Waals surface area contributed by atoms with Gasteiger partial charge in [-0.25, -0.2) is 0 Å². The first kappa shape index (κ1) is 18.4. The van der Waals surface area contributed by atoms with Crippen LogP contribution in [0.1, 0.15) is 28.4 Å². The summed E-state index contributed by atoms with van der Waals surface area (Å²) in [7, 11) is 0. The highest BCUT2D eigenvalue weighted by Gasteiger charge is 2.12. The lowest BCUT2D eigenvalue weighted by Crippen LogP contribution is -2.11. The van der Waals surface area contributed by atoms with Gasteiger partial charge >= 0.3 is 0 Å². The number of thioether (sulfide) groups is 1. The molecule has 0 saturated carbocycles. The monoisotopic (exact) mass is 385 g/mol. The molecule has 7 heteroatoms. The first-order chi connectivity index (χ1) is 12.7. The Balaban J connectivity index is 1.60. The second kappa shape index (κ2) is 8.82. The van der Waals surface area contributed by atoms with Crippen molar-refractivity contribution in [3.8, 4) is 5.75 Å². The Hall–Kier alpha value is -2.38. The molecule has 0 atom stereocenters. The zero-order valence-electron chi connectivity index (χ0n) is 14.6. The van der Waals surface area contributed by atoms with Crippen molar-refractivity contribution in [3.05, 3.63) is 65.2 Å². The van der Waals surface area contributed by atoms with Gasteiger partial charge in [0.05, 0.1) is 6.61 Å². The molecular weight excluding hydrogens is 366 g/mol. The number of nitrogens with zero attached hydrogens (tertiary/aromatic N) is 2. The van der Waals surface area contributed by atoms with Gasteiger partial charge in [0, 0.05) is 11.3 Å². The molecule has 0 aliphatic carbocycles. The van der Waals surface area contributed by atoms with E-state index in [1.165, 1.54) is 22.5 Å². The summed E-state index contributed by atoms with van der Waals surface area (Å²) in [6.07, 6.45) is 0. The van der Waals surface area contributed by atoms with Crippen molar-refractivity contribution in [1.82, 2.24) is 10.2 Å². The Morgan fingerprint density at radius 3 is 2.85 bits per heavy atom. The van der Waals surface area contributed by atoms with E-state index in [-0.39, 0.29) is 5.91 Å². The lowest BCUT2D eigenvalue weighted by Gasteiger charge is -2.05. The molecule has 0 fully saturated rings. The summed E-state index contributed by atoms with van der Waals surface area (Å²) in [6.45, 7) is 4.56. The quantitative estimate of drug-likeness (QED) is 0.468. The van der Waals surface area contributed by atoms with Crippen molar-refractivity contribution in [2.75, 3.05) is 11.9 Å². The Morgan fingerprint density at radius 2 is 2.04 bits per heavy atom. The molecule has 0 aliphatic rings. The van der Waals surface area contributed by atoms with E-state index >= 15 is 0 Å². The van der Waals surface area contributed by atoms with Crippen LogP contribution in [0.4, 0.5) is 5.13 Å². The first-order valence-electron chi connectivity index (χ1n) is 8.20. The highest BCUT2D eigenvalue weighted by atomic mass is 32.2. The minimum absolute atomic E-state index is 0.224. The maximum absolute atomic E-state index is 12.4. The zero-order chi connectivity index (χ0) is 18.4. The van der Waals surface area contributed by atoms with Crippen LogP contribution < -0.4 is 10.1 Å². The maximum Gasteiger partial charge on any atom is 0.257 e. The third kappa shape index (κ3) is 4.83. The second-order valence-electron chi connectivity index (χ2n) is 5.50. The van der Waals surface area contributed by atoms with Crippen molar-refractivity contribution in [2.24, 2.45) is 0 Å². The third-order valence-corrected chi connectivity index (χ3v) is 5.67. The largest absolute Gasteiger partial charge is 0.494 e. The number of anilines is 1. The fourth-order valence-corrected chi connectivity index (χ4v) is 4.12. The minimum atomic E-state index is -0.224. The molecule has 3 rings (SSSR count). The maximum atomic E-state index is 12.4. The van der Waals surface area contributed by atoms with Gasteiger partial charge in [0.1, 0.15) is 5.75 Å². The summed E-state index contributed by atoms with van der Waals surface area (Å²) >= 11 is 2.99. The summed E-state index contributed by atoms with van der Waals surface area (Å²) in [5.41, 5.74) is 3.05. The van der Waals surface area contributed by atoms with E-state index in [0.29, 0.717) is 23.1 Å². The van der Waals surface area contributed by atoms with Crippen LogP contribution in [-0.2, 0) is 5.75 Å². The summed E-state index contributed by atoms with van der Waals surface area (Å²) in [5.74, 6) is 1.27. The van der Waals surface area contributed by atoms with Gasteiger partial charge in [-0.05, 0) is 43.2 Å². The van der Waals surface area contributed by atoms with E-state index in [4.69, 9.17) is 4.74 Å². The number of carbonyl (C=O) groups is 1. The lowest BCUT2D eigenvalue weighted by atomic mass is 10.1. The van der Waals surface area contributed by atoms with E-state index < -0.39 is 0 Å². The Labute approximate surface area is 160 Å². The number of amides is 1. The van der Waals surface area contributed by atoms with E-state index in [1.54, 1.807) is 30.0 Å². The molecule has 2 aromatic carbocycles. The van der Waals surface area contributed by atoms with Crippen LogP contribution in [-0.4, -0.2) is 22.7 Å². The normalized spacial score (nSPS) is 10.5. The summed E-state index contributed by atoms with van der Waals surface area (Å²) in [6, 6.07) is 15.3. The van der Waals surface area contributed by atoms with Crippen molar-refractivity contribution >= 4 is 34.1 Å². The average molecular weight is 386 g/mol. The molecule has 3 aromatic rings. The predicted molar refractivity (Wildman–Crippen MR) is 106 cm³/mol. The van der Waals surface area contributed by atoms with Gasteiger partial charge in [-0.2, -0.15) is 0 Å². The Kier molecular flexibility index (Phi) is 6.25. The highest BCUT2D eigenvalue weighted by Crippen LogP contribution is 2.29. The highest BCUT2D eigenvalue weighted by molar-refractivity contribution is 8.00. The van der Waals surface area contributed by atoms with Crippen molar-refractivity contribution in [3.63, 3.8) is 0 Å². The Bertz CT molecular complexity index is 896. The fraction of sp³-hybridized carbons (Fsp3) is 0.211. The van der Waals surface area contributed by atoms with Crippen LogP contribution in [0.15, 0.2) is 52.9 Å². The molecule has 1 N–H and O–H groups in total. The standard InChI is InChI=1S/C19H19N3O2S2/c1-3-24-16-10-6-9-14(11-16)17(23)20-18-21-22-19(26-18)25-12-15-8-5-4-7-13(15)2/h4-11H,3,12H2,1-2H3,(H,20,21,23). The van der Waals surface area contributed by atoms with Crippen molar-refractivity contribution < 1.29 is 9.53 Å². The number of aryl methyl sites for hydroxylation is 1. The topological polar surface area (TPSA) is 64.1 Å². The molecule has 5 nitrogen and oxygen atoms in total. The van der Waals surface area contributed by atoms with Crippen molar-refractivity contribution in [1.29, 1.82) is 0 Å². The molecular formula is C19H19N3O2S2. The number of hydrogen-bond donors (Lipinski definition) is 1. The van der Waals surface area contributed by atoms with Crippen LogP contribution in [0.3, 0.4) is 0 Å². The van der Waals surface area contributed by atoms with E-state index in [0.717, 1.165) is 10.1 Å². The summed E-state index contributed by atoms with van der Waals surface area (Å²) in [5, 5.41) is 11.5. The van der Waals surface area contributed by atoms with Gasteiger partial charge in [-0.3, -0.25) is 10.1 Å². The molecule has 134 valence electrons. The third-order valence-electron chi connectivity index (χ3n) is 3.65. The molecule has 0 saturated heterocycles. The van der Waals surface area contributed by atoms with E-state index in [9.17, 15) is 4.79 Å². The number of nitrogens with one attached hydrogen (secondary N) is 1. The summed E-state index contributed by atoms with van der Waals surface area (Å²) in [4.78, 5) is 12.4. The molecule has 0 spiro atoms. The van der Waals surface area contributed by atoms with Crippen LogP contribution in [0, 0.1) is 6.92 Å². The number of rotatable bonds is 7. The van der Waals surface area contributed by atoms with Gasteiger partial charge in [0.25, 0.3) is 5.91 Å². The molecule has 0 bridgehead atoms. The van der Waals surface area contributed by atoms with E-state index in [1.807, 2.05) is 25.1 Å². The molecule has 26 heavy (non-hydrogen) atoms. The number of carbonyl (C=O) groups excluding carboxylic acids is 1. The second-order valence-corrected chi connectivity index (χ2v) is 7.70. The first-order valence-corrected chi connectivity index (χ1v) is 10.0. The smallest absolute Gasteiger partial charge is 0.257 e. The molecule has 0 unspecified atom stereocenters.